The van der Waals surface area contributed by atoms with Gasteiger partial charge in [0.2, 0.25) is 5.91 Å². The highest BCUT2D eigenvalue weighted by Gasteiger charge is 2.18. The molecule has 4 nitrogen and oxygen atoms in total. The molecule has 0 aliphatic carbocycles. The smallest absolute Gasteiger partial charge is 0.237 e. The Kier molecular flexibility index (Phi) is 4.50. The molecule has 1 N–H and O–H groups in total. The molecule has 1 amide bonds. The summed E-state index contributed by atoms with van der Waals surface area (Å²) in [6, 6.07) is 7.96. The zero-order chi connectivity index (χ0) is 13.8. The number of benzene rings is 1. The molecule has 0 spiro atoms. The molecule has 0 saturated carbocycles. The molecule has 0 bridgehead atoms. The number of likely N-dealkylation sites (N-methyl/N-ethyl adjacent to an activating group) is 2. The number of carbonyl (C=O) groups excluding carboxylic acids is 1. The van der Waals surface area contributed by atoms with Crippen molar-refractivity contribution in [1.29, 1.82) is 0 Å². The summed E-state index contributed by atoms with van der Waals surface area (Å²) < 4.78 is 1.19. The van der Waals surface area contributed by atoms with Crippen LogP contribution in [0.4, 0.5) is 0 Å². The van der Waals surface area contributed by atoms with E-state index >= 15 is 0 Å². The summed E-state index contributed by atoms with van der Waals surface area (Å²) >= 11 is 1.68. The van der Waals surface area contributed by atoms with E-state index < -0.39 is 0 Å². The van der Waals surface area contributed by atoms with Gasteiger partial charge < -0.3 is 5.32 Å². The van der Waals surface area contributed by atoms with Crippen LogP contribution in [0, 0.1) is 0 Å². The van der Waals surface area contributed by atoms with E-state index in [0.29, 0.717) is 13.1 Å². The van der Waals surface area contributed by atoms with Crippen LogP contribution in [0.25, 0.3) is 10.2 Å². The van der Waals surface area contributed by atoms with Crippen molar-refractivity contribution < 1.29 is 4.79 Å². The number of amides is 1. The molecule has 0 fully saturated rings. The van der Waals surface area contributed by atoms with Crippen molar-refractivity contribution in [2.45, 2.75) is 26.4 Å². The first-order chi connectivity index (χ1) is 9.11. The molecule has 2 aromatic rings. The largest absolute Gasteiger partial charge is 0.355 e. The monoisotopic (exact) mass is 277 g/mol. The van der Waals surface area contributed by atoms with E-state index in [1.807, 2.05) is 44.0 Å². The minimum atomic E-state index is -0.146. The second kappa shape index (κ2) is 6.12. The van der Waals surface area contributed by atoms with Gasteiger partial charge in [-0.1, -0.05) is 12.1 Å². The van der Waals surface area contributed by atoms with Gasteiger partial charge in [-0.15, -0.1) is 11.3 Å². The molecule has 5 heteroatoms. The van der Waals surface area contributed by atoms with Crippen molar-refractivity contribution in [2.75, 3.05) is 13.6 Å². The Labute approximate surface area is 117 Å². The summed E-state index contributed by atoms with van der Waals surface area (Å²) in [5.74, 6) is 0.0612. The lowest BCUT2D eigenvalue weighted by Crippen LogP contribution is -2.42. The van der Waals surface area contributed by atoms with Gasteiger partial charge in [0.1, 0.15) is 5.01 Å². The lowest BCUT2D eigenvalue weighted by atomic mass is 10.3. The van der Waals surface area contributed by atoms with Crippen molar-refractivity contribution in [3.8, 4) is 0 Å². The van der Waals surface area contributed by atoms with Gasteiger partial charge in [0.05, 0.1) is 22.8 Å². The van der Waals surface area contributed by atoms with E-state index in [1.54, 1.807) is 11.3 Å². The zero-order valence-electron chi connectivity index (χ0n) is 11.5. The Hall–Kier alpha value is -1.46. The van der Waals surface area contributed by atoms with Crippen LogP contribution >= 0.6 is 11.3 Å². The first kappa shape index (κ1) is 14.0. The first-order valence-electron chi connectivity index (χ1n) is 6.44. The van der Waals surface area contributed by atoms with Crippen LogP contribution in [0.3, 0.4) is 0 Å². The molecular formula is C14H19N3OS. The molecule has 1 heterocycles. The van der Waals surface area contributed by atoms with Crippen molar-refractivity contribution in [2.24, 2.45) is 0 Å². The summed E-state index contributed by atoms with van der Waals surface area (Å²) in [6.45, 7) is 5.20. The molecule has 0 radical (unpaired) electrons. The Morgan fingerprint density at radius 2 is 2.21 bits per heavy atom. The maximum Gasteiger partial charge on any atom is 0.237 e. The number of hydrogen-bond acceptors (Lipinski definition) is 4. The number of aromatic nitrogens is 1. The van der Waals surface area contributed by atoms with E-state index in [-0.39, 0.29) is 11.9 Å². The minimum Gasteiger partial charge on any atom is -0.355 e. The average Bonchev–Trinajstić information content (AvgIpc) is 2.80. The number of thiazole rings is 1. The lowest BCUT2D eigenvalue weighted by Gasteiger charge is -2.22. The van der Waals surface area contributed by atoms with Crippen molar-refractivity contribution >= 4 is 27.5 Å². The molecule has 19 heavy (non-hydrogen) atoms. The number of nitrogens with zero attached hydrogens (tertiary/aromatic N) is 2. The lowest BCUT2D eigenvalue weighted by molar-refractivity contribution is -0.125. The summed E-state index contributed by atoms with van der Waals surface area (Å²) in [4.78, 5) is 18.4. The molecule has 2 rings (SSSR count). The SMILES string of the molecule is CCNC(=O)[C@@H](C)N(C)Cc1nc2ccccc2s1. The van der Waals surface area contributed by atoms with Gasteiger partial charge in [0.25, 0.3) is 0 Å². The van der Waals surface area contributed by atoms with Gasteiger partial charge in [-0.05, 0) is 33.0 Å². The minimum absolute atomic E-state index is 0.0612. The zero-order valence-corrected chi connectivity index (χ0v) is 12.3. The second-order valence-electron chi connectivity index (χ2n) is 4.56. The van der Waals surface area contributed by atoms with Crippen molar-refractivity contribution in [3.63, 3.8) is 0 Å². The fraction of sp³-hybridized carbons (Fsp3) is 0.429. The maximum atomic E-state index is 11.8. The third-order valence-electron chi connectivity index (χ3n) is 3.11. The normalized spacial score (nSPS) is 12.8. The third kappa shape index (κ3) is 3.30. The van der Waals surface area contributed by atoms with Gasteiger partial charge in [0.15, 0.2) is 0 Å². The molecule has 102 valence electrons. The molecule has 0 saturated heterocycles. The summed E-state index contributed by atoms with van der Waals surface area (Å²) in [7, 11) is 1.95. The second-order valence-corrected chi connectivity index (χ2v) is 5.68. The van der Waals surface area contributed by atoms with Gasteiger partial charge in [0, 0.05) is 6.54 Å². The molecule has 0 unspecified atom stereocenters. The highest BCUT2D eigenvalue weighted by molar-refractivity contribution is 7.18. The van der Waals surface area contributed by atoms with E-state index in [2.05, 4.69) is 16.4 Å². The topological polar surface area (TPSA) is 45.2 Å². The summed E-state index contributed by atoms with van der Waals surface area (Å²) in [5.41, 5.74) is 1.03. The quantitative estimate of drug-likeness (QED) is 0.911. The van der Waals surface area contributed by atoms with Crippen LogP contribution < -0.4 is 5.32 Å². The Bertz CT molecular complexity index is 534. The van der Waals surface area contributed by atoms with Crippen LogP contribution in [0.1, 0.15) is 18.9 Å². The maximum absolute atomic E-state index is 11.8. The molecule has 1 aromatic carbocycles. The van der Waals surface area contributed by atoms with E-state index in [1.165, 1.54) is 4.70 Å². The number of para-hydroxylation sites is 1. The fourth-order valence-corrected chi connectivity index (χ4v) is 2.89. The molecule has 0 aliphatic rings. The third-order valence-corrected chi connectivity index (χ3v) is 4.14. The predicted octanol–water partition coefficient (Wildman–Crippen LogP) is 2.25. The first-order valence-corrected chi connectivity index (χ1v) is 7.26. The highest BCUT2D eigenvalue weighted by Crippen LogP contribution is 2.22. The number of fused-ring (bicyclic) bond motifs is 1. The van der Waals surface area contributed by atoms with Crippen LogP contribution in [0.2, 0.25) is 0 Å². The Balaban J connectivity index is 2.05. The van der Waals surface area contributed by atoms with Crippen LogP contribution in [-0.2, 0) is 11.3 Å². The van der Waals surface area contributed by atoms with Crippen molar-refractivity contribution in [1.82, 2.24) is 15.2 Å². The van der Waals surface area contributed by atoms with Crippen LogP contribution in [0.15, 0.2) is 24.3 Å². The van der Waals surface area contributed by atoms with Crippen LogP contribution in [0.5, 0.6) is 0 Å². The molecule has 1 aromatic heterocycles. The molecule has 1 atom stereocenters. The van der Waals surface area contributed by atoms with Gasteiger partial charge >= 0.3 is 0 Å². The average molecular weight is 277 g/mol. The summed E-state index contributed by atoms with van der Waals surface area (Å²) in [5, 5.41) is 3.88. The van der Waals surface area contributed by atoms with E-state index in [4.69, 9.17) is 0 Å². The standard InChI is InChI=1S/C14H19N3OS/c1-4-15-14(18)10(2)17(3)9-13-16-11-7-5-6-8-12(11)19-13/h5-8,10H,4,9H2,1-3H3,(H,15,18)/t10-/m1/s1. The highest BCUT2D eigenvalue weighted by atomic mass is 32.1. The molecular weight excluding hydrogens is 258 g/mol. The summed E-state index contributed by atoms with van der Waals surface area (Å²) in [6.07, 6.45) is 0. The van der Waals surface area contributed by atoms with Gasteiger partial charge in [-0.3, -0.25) is 9.69 Å². The fourth-order valence-electron chi connectivity index (χ4n) is 1.86. The van der Waals surface area contributed by atoms with Gasteiger partial charge in [-0.2, -0.15) is 0 Å². The number of nitrogens with one attached hydrogen (secondary N) is 1. The number of rotatable bonds is 5. The van der Waals surface area contributed by atoms with Crippen LogP contribution in [-0.4, -0.2) is 35.4 Å². The predicted molar refractivity (Wildman–Crippen MR) is 79.2 cm³/mol. The Morgan fingerprint density at radius 3 is 2.89 bits per heavy atom. The van der Waals surface area contributed by atoms with E-state index in [0.717, 1.165) is 10.5 Å². The van der Waals surface area contributed by atoms with Gasteiger partial charge in [-0.25, -0.2) is 4.98 Å². The van der Waals surface area contributed by atoms with Crippen molar-refractivity contribution in [3.05, 3.63) is 29.3 Å². The molecule has 0 aliphatic heterocycles. The number of carbonyl (C=O) groups is 1. The number of hydrogen-bond donors (Lipinski definition) is 1. The Morgan fingerprint density at radius 1 is 1.47 bits per heavy atom. The van der Waals surface area contributed by atoms with E-state index in [9.17, 15) is 4.79 Å².